The molecule has 1 unspecified atom stereocenters. The zero-order chi connectivity index (χ0) is 17.1. The van der Waals surface area contributed by atoms with Crippen LogP contribution in [0.25, 0.3) is 0 Å². The summed E-state index contributed by atoms with van der Waals surface area (Å²) in [4.78, 5) is 27.4. The van der Waals surface area contributed by atoms with Crippen LogP contribution in [-0.2, 0) is 0 Å². The minimum Gasteiger partial charge on any atom is -0.437 e. The van der Waals surface area contributed by atoms with Crippen molar-refractivity contribution in [2.75, 3.05) is 6.54 Å². The smallest absolute Gasteiger partial charge is 0.273 e. The van der Waals surface area contributed by atoms with E-state index in [1.54, 1.807) is 23.3 Å². The Balaban J connectivity index is 1.56. The molecule has 2 aromatic heterocycles. The molecule has 0 aliphatic carbocycles. The molecule has 6 nitrogen and oxygen atoms in total. The van der Waals surface area contributed by atoms with Crippen molar-refractivity contribution in [2.45, 2.75) is 18.9 Å². The van der Waals surface area contributed by atoms with Crippen LogP contribution < -0.4 is 4.74 Å². The second-order valence-corrected chi connectivity index (χ2v) is 6.45. The van der Waals surface area contributed by atoms with Gasteiger partial charge in [-0.05, 0) is 25.0 Å². The fourth-order valence-electron chi connectivity index (χ4n) is 2.96. The molecule has 0 saturated carbocycles. The Morgan fingerprint density at radius 2 is 2.12 bits per heavy atom. The van der Waals surface area contributed by atoms with Crippen LogP contribution in [0.3, 0.4) is 0 Å². The molecule has 3 heterocycles. The van der Waals surface area contributed by atoms with Crippen molar-refractivity contribution >= 4 is 17.2 Å². The normalized spacial score (nSPS) is 16.8. The van der Waals surface area contributed by atoms with Gasteiger partial charge >= 0.3 is 0 Å². The lowest BCUT2D eigenvalue weighted by Crippen LogP contribution is -2.31. The molecule has 1 saturated heterocycles. The van der Waals surface area contributed by atoms with Crippen LogP contribution in [0.5, 0.6) is 11.6 Å². The van der Waals surface area contributed by atoms with E-state index in [0.717, 1.165) is 18.5 Å². The first-order valence-corrected chi connectivity index (χ1v) is 8.99. The average Bonchev–Trinajstić information content (AvgIpc) is 3.34. The van der Waals surface area contributed by atoms with E-state index in [4.69, 9.17) is 4.74 Å². The van der Waals surface area contributed by atoms with Crippen LogP contribution in [0.2, 0.25) is 0 Å². The Morgan fingerprint density at radius 3 is 2.92 bits per heavy atom. The van der Waals surface area contributed by atoms with Crippen molar-refractivity contribution in [1.82, 2.24) is 19.9 Å². The maximum Gasteiger partial charge on any atom is 0.273 e. The molecular weight excluding hydrogens is 336 g/mol. The highest BCUT2D eigenvalue weighted by Gasteiger charge is 2.32. The Hall–Kier alpha value is -2.80. The van der Waals surface area contributed by atoms with E-state index in [1.807, 2.05) is 35.2 Å². The van der Waals surface area contributed by atoms with Crippen LogP contribution >= 0.6 is 11.3 Å². The van der Waals surface area contributed by atoms with Crippen molar-refractivity contribution in [3.8, 4) is 11.6 Å². The van der Waals surface area contributed by atoms with Gasteiger partial charge < -0.3 is 9.64 Å². The number of amides is 1. The number of nitrogens with zero attached hydrogens (tertiary/aromatic N) is 4. The third-order valence-corrected chi connectivity index (χ3v) is 4.69. The van der Waals surface area contributed by atoms with E-state index in [9.17, 15) is 4.79 Å². The van der Waals surface area contributed by atoms with Crippen molar-refractivity contribution in [1.29, 1.82) is 0 Å². The number of benzene rings is 1. The summed E-state index contributed by atoms with van der Waals surface area (Å²) in [6.07, 6.45) is 5.08. The average molecular weight is 352 g/mol. The van der Waals surface area contributed by atoms with Crippen LogP contribution in [0.15, 0.2) is 53.6 Å². The van der Waals surface area contributed by atoms with Crippen LogP contribution in [0, 0.1) is 0 Å². The van der Waals surface area contributed by atoms with Gasteiger partial charge in [-0.3, -0.25) is 9.78 Å². The molecule has 1 atom stereocenters. The fraction of sp³-hybridized carbons (Fsp3) is 0.222. The number of rotatable bonds is 4. The first kappa shape index (κ1) is 15.7. The lowest BCUT2D eigenvalue weighted by atomic mass is 10.1. The third kappa shape index (κ3) is 3.36. The lowest BCUT2D eigenvalue weighted by Gasteiger charge is -2.23. The van der Waals surface area contributed by atoms with Crippen molar-refractivity contribution in [3.63, 3.8) is 0 Å². The fourth-order valence-corrected chi connectivity index (χ4v) is 3.49. The van der Waals surface area contributed by atoms with Gasteiger partial charge in [-0.1, -0.05) is 18.2 Å². The Bertz CT molecular complexity index is 855. The van der Waals surface area contributed by atoms with Gasteiger partial charge in [0.15, 0.2) is 0 Å². The SMILES string of the molecule is O=C(c1cscn1)N1CCCC1c1cncc(Oc2ccccc2)n1. The summed E-state index contributed by atoms with van der Waals surface area (Å²) in [5.74, 6) is 1.08. The van der Waals surface area contributed by atoms with E-state index < -0.39 is 0 Å². The zero-order valence-corrected chi connectivity index (χ0v) is 14.2. The second kappa shape index (κ2) is 6.98. The second-order valence-electron chi connectivity index (χ2n) is 5.73. The third-order valence-electron chi connectivity index (χ3n) is 4.10. The van der Waals surface area contributed by atoms with Crippen molar-refractivity contribution in [2.24, 2.45) is 0 Å². The maximum absolute atomic E-state index is 12.7. The molecule has 7 heteroatoms. The topological polar surface area (TPSA) is 68.2 Å². The standard InChI is InChI=1S/C18H16N4O2S/c23-18(15-11-25-12-20-15)22-8-4-7-16(22)14-9-19-10-17(21-14)24-13-5-2-1-3-6-13/h1-3,5-6,9-12,16H,4,7-8H2. The highest BCUT2D eigenvalue weighted by molar-refractivity contribution is 7.07. The number of likely N-dealkylation sites (tertiary alicyclic amines) is 1. The highest BCUT2D eigenvalue weighted by Crippen LogP contribution is 2.32. The Morgan fingerprint density at radius 1 is 1.24 bits per heavy atom. The van der Waals surface area contributed by atoms with Gasteiger partial charge in [0.25, 0.3) is 5.91 Å². The summed E-state index contributed by atoms with van der Waals surface area (Å²) >= 11 is 1.42. The minimum atomic E-state index is -0.0963. The summed E-state index contributed by atoms with van der Waals surface area (Å²) in [6, 6.07) is 9.36. The van der Waals surface area contributed by atoms with Crippen molar-refractivity contribution < 1.29 is 9.53 Å². The molecule has 1 amide bonds. The van der Waals surface area contributed by atoms with Gasteiger partial charge in [0, 0.05) is 11.9 Å². The number of aromatic nitrogens is 3. The molecule has 0 bridgehead atoms. The predicted octanol–water partition coefficient (Wildman–Crippen LogP) is 3.70. The number of hydrogen-bond donors (Lipinski definition) is 0. The molecule has 0 radical (unpaired) electrons. The van der Waals surface area contributed by atoms with Crippen LogP contribution in [0.1, 0.15) is 35.1 Å². The predicted molar refractivity (Wildman–Crippen MR) is 93.7 cm³/mol. The van der Waals surface area contributed by atoms with Gasteiger partial charge in [-0.15, -0.1) is 11.3 Å². The molecule has 1 fully saturated rings. The summed E-state index contributed by atoms with van der Waals surface area (Å²) in [5, 5.41) is 1.78. The molecule has 4 rings (SSSR count). The molecular formula is C18H16N4O2S. The highest BCUT2D eigenvalue weighted by atomic mass is 32.1. The van der Waals surface area contributed by atoms with Crippen LogP contribution in [-0.4, -0.2) is 32.3 Å². The molecule has 1 aliphatic heterocycles. The summed E-state index contributed by atoms with van der Waals surface area (Å²) < 4.78 is 5.76. The zero-order valence-electron chi connectivity index (χ0n) is 13.4. The van der Waals surface area contributed by atoms with Gasteiger partial charge in [0.2, 0.25) is 5.88 Å². The number of hydrogen-bond acceptors (Lipinski definition) is 6. The number of carbonyl (C=O) groups is 1. The first-order chi connectivity index (χ1) is 12.3. The number of para-hydroxylation sites is 1. The maximum atomic E-state index is 12.7. The summed E-state index contributed by atoms with van der Waals surface area (Å²) in [6.45, 7) is 0.701. The van der Waals surface area contributed by atoms with Crippen molar-refractivity contribution in [3.05, 3.63) is 65.0 Å². The number of thiazole rings is 1. The van der Waals surface area contributed by atoms with Gasteiger partial charge in [-0.2, -0.15) is 0 Å². The molecule has 25 heavy (non-hydrogen) atoms. The molecule has 0 spiro atoms. The van der Waals surface area contributed by atoms with E-state index in [-0.39, 0.29) is 11.9 Å². The van der Waals surface area contributed by atoms with Crippen LogP contribution in [0.4, 0.5) is 0 Å². The van der Waals surface area contributed by atoms with E-state index in [2.05, 4.69) is 15.0 Å². The summed E-state index contributed by atoms with van der Waals surface area (Å²) in [7, 11) is 0. The van der Waals surface area contributed by atoms with E-state index in [1.165, 1.54) is 11.3 Å². The molecule has 1 aromatic carbocycles. The van der Waals surface area contributed by atoms with E-state index >= 15 is 0 Å². The molecule has 126 valence electrons. The van der Waals surface area contributed by atoms with E-state index in [0.29, 0.717) is 23.9 Å². The molecule has 0 N–H and O–H groups in total. The van der Waals surface area contributed by atoms with Gasteiger partial charge in [0.05, 0.1) is 29.6 Å². The molecule has 1 aliphatic rings. The lowest BCUT2D eigenvalue weighted by molar-refractivity contribution is 0.0727. The Labute approximate surface area is 149 Å². The van der Waals surface area contributed by atoms with Gasteiger partial charge in [-0.25, -0.2) is 9.97 Å². The molecule has 3 aromatic rings. The summed E-state index contributed by atoms with van der Waals surface area (Å²) in [5.41, 5.74) is 2.91. The Kier molecular flexibility index (Phi) is 4.39. The quantitative estimate of drug-likeness (QED) is 0.716. The monoisotopic (exact) mass is 352 g/mol. The number of ether oxygens (including phenoxy) is 1. The largest absolute Gasteiger partial charge is 0.437 e. The first-order valence-electron chi connectivity index (χ1n) is 8.05. The number of carbonyl (C=O) groups excluding carboxylic acids is 1. The van der Waals surface area contributed by atoms with Gasteiger partial charge in [0.1, 0.15) is 11.4 Å². The minimum absolute atomic E-state index is 0.0556.